The molecule has 0 radical (unpaired) electrons. The standard InChI is InChI=1S/C21H26ClN3O3S/c1-13-17(29-18(23-13)14-5-7-15(22)8-6-14)19(26)25-11-9-16(10-12-25)24-20(27)28-21(2,3)4/h5-8,16H,9-12H2,1-4H3,(H,24,27). The number of aromatic nitrogens is 1. The molecule has 1 aliphatic rings. The van der Waals surface area contributed by atoms with Crippen LogP contribution in [0.25, 0.3) is 10.6 Å². The van der Waals surface area contributed by atoms with E-state index in [1.165, 1.54) is 11.3 Å². The zero-order valence-corrected chi connectivity index (χ0v) is 18.7. The van der Waals surface area contributed by atoms with Crippen molar-refractivity contribution < 1.29 is 14.3 Å². The van der Waals surface area contributed by atoms with Crippen LogP contribution in [0.3, 0.4) is 0 Å². The van der Waals surface area contributed by atoms with Crippen LogP contribution in [0.5, 0.6) is 0 Å². The third-order valence-electron chi connectivity index (χ3n) is 4.59. The van der Waals surface area contributed by atoms with E-state index < -0.39 is 11.7 Å². The van der Waals surface area contributed by atoms with Gasteiger partial charge in [-0.25, -0.2) is 9.78 Å². The number of aryl methyl sites for hydroxylation is 1. The van der Waals surface area contributed by atoms with Crippen molar-refractivity contribution in [2.45, 2.75) is 52.2 Å². The van der Waals surface area contributed by atoms with Crippen LogP contribution >= 0.6 is 22.9 Å². The van der Waals surface area contributed by atoms with Crippen molar-refractivity contribution in [1.82, 2.24) is 15.2 Å². The van der Waals surface area contributed by atoms with Crippen LogP contribution in [0.15, 0.2) is 24.3 Å². The van der Waals surface area contributed by atoms with Crippen LogP contribution in [0.2, 0.25) is 5.02 Å². The lowest BCUT2D eigenvalue weighted by molar-refractivity contribution is 0.0474. The lowest BCUT2D eigenvalue weighted by atomic mass is 10.0. The second kappa shape index (κ2) is 8.71. The Hall–Kier alpha value is -2.12. The molecule has 0 aliphatic carbocycles. The predicted molar refractivity (Wildman–Crippen MR) is 116 cm³/mol. The number of carbonyl (C=O) groups is 2. The van der Waals surface area contributed by atoms with Crippen molar-refractivity contribution in [2.24, 2.45) is 0 Å². The van der Waals surface area contributed by atoms with Gasteiger partial charge in [-0.15, -0.1) is 11.3 Å². The van der Waals surface area contributed by atoms with E-state index >= 15 is 0 Å². The Morgan fingerprint density at radius 3 is 2.41 bits per heavy atom. The number of thiazole rings is 1. The molecule has 156 valence electrons. The predicted octanol–water partition coefficient (Wildman–Crippen LogP) is 4.90. The summed E-state index contributed by atoms with van der Waals surface area (Å²) in [6.07, 6.45) is 0.993. The van der Waals surface area contributed by atoms with Gasteiger partial charge in [0.15, 0.2) is 0 Å². The minimum absolute atomic E-state index is 0.00377. The average molecular weight is 436 g/mol. The number of benzene rings is 1. The maximum atomic E-state index is 13.0. The molecular formula is C21H26ClN3O3S. The van der Waals surface area contributed by atoms with Gasteiger partial charge in [-0.2, -0.15) is 0 Å². The van der Waals surface area contributed by atoms with E-state index in [4.69, 9.17) is 16.3 Å². The van der Waals surface area contributed by atoms with Crippen molar-refractivity contribution in [2.75, 3.05) is 13.1 Å². The highest BCUT2D eigenvalue weighted by molar-refractivity contribution is 7.17. The molecule has 1 aromatic carbocycles. The van der Waals surface area contributed by atoms with Crippen molar-refractivity contribution in [3.05, 3.63) is 39.9 Å². The number of halogens is 1. The smallest absolute Gasteiger partial charge is 0.407 e. The van der Waals surface area contributed by atoms with Crippen molar-refractivity contribution >= 4 is 34.9 Å². The Labute approximate surface area is 180 Å². The molecule has 0 bridgehead atoms. The van der Waals surface area contributed by atoms with Crippen LogP contribution in [-0.2, 0) is 4.74 Å². The second-order valence-electron chi connectivity index (χ2n) is 8.15. The summed E-state index contributed by atoms with van der Waals surface area (Å²) < 4.78 is 5.31. The minimum atomic E-state index is -0.522. The first-order valence-corrected chi connectivity index (χ1v) is 10.8. The monoisotopic (exact) mass is 435 g/mol. The van der Waals surface area contributed by atoms with Gasteiger partial charge >= 0.3 is 6.09 Å². The second-order valence-corrected chi connectivity index (χ2v) is 9.59. The molecule has 1 N–H and O–H groups in total. The summed E-state index contributed by atoms with van der Waals surface area (Å²) in [5.74, 6) is -0.00377. The number of alkyl carbamates (subject to hydrolysis) is 1. The zero-order chi connectivity index (χ0) is 21.2. The highest BCUT2D eigenvalue weighted by Gasteiger charge is 2.28. The van der Waals surface area contributed by atoms with Crippen molar-refractivity contribution in [1.29, 1.82) is 0 Å². The SMILES string of the molecule is Cc1nc(-c2ccc(Cl)cc2)sc1C(=O)N1CCC(NC(=O)OC(C)(C)C)CC1. The molecule has 0 atom stereocenters. The van der Waals surface area contributed by atoms with Gasteiger partial charge in [0.2, 0.25) is 0 Å². The van der Waals surface area contributed by atoms with E-state index in [0.717, 1.165) is 16.3 Å². The molecule has 3 rings (SSSR count). The van der Waals surface area contributed by atoms with Crippen molar-refractivity contribution in [3.8, 4) is 10.6 Å². The van der Waals surface area contributed by atoms with Gasteiger partial charge in [-0.1, -0.05) is 23.7 Å². The van der Waals surface area contributed by atoms with Gasteiger partial charge in [-0.05, 0) is 52.7 Å². The Kier molecular flexibility index (Phi) is 6.49. The number of ether oxygens (including phenoxy) is 1. The molecule has 0 unspecified atom stereocenters. The van der Waals surface area contributed by atoms with Gasteiger partial charge in [0.05, 0.1) is 5.69 Å². The van der Waals surface area contributed by atoms with Gasteiger partial charge in [0.1, 0.15) is 15.5 Å². The molecular weight excluding hydrogens is 410 g/mol. The largest absolute Gasteiger partial charge is 0.444 e. The lowest BCUT2D eigenvalue weighted by Gasteiger charge is -2.32. The summed E-state index contributed by atoms with van der Waals surface area (Å²) in [5, 5.41) is 4.37. The van der Waals surface area contributed by atoms with E-state index in [9.17, 15) is 9.59 Å². The zero-order valence-electron chi connectivity index (χ0n) is 17.1. The van der Waals surface area contributed by atoms with Crippen molar-refractivity contribution in [3.63, 3.8) is 0 Å². The summed E-state index contributed by atoms with van der Waals surface area (Å²) >= 11 is 7.35. The summed E-state index contributed by atoms with van der Waals surface area (Å²) in [7, 11) is 0. The normalized spacial score (nSPS) is 15.3. The highest BCUT2D eigenvalue weighted by Crippen LogP contribution is 2.30. The van der Waals surface area contributed by atoms with Crippen LogP contribution in [0, 0.1) is 6.92 Å². The number of piperidine rings is 1. The van der Waals surface area contributed by atoms with E-state index in [1.807, 2.05) is 56.9 Å². The number of carbonyl (C=O) groups excluding carboxylic acids is 2. The van der Waals surface area contributed by atoms with E-state index in [-0.39, 0.29) is 11.9 Å². The number of nitrogens with zero attached hydrogens (tertiary/aromatic N) is 2. The molecule has 0 spiro atoms. The van der Waals surface area contributed by atoms with Gasteiger partial charge in [0.25, 0.3) is 5.91 Å². The van der Waals surface area contributed by atoms with Gasteiger partial charge in [0, 0.05) is 29.7 Å². The first-order valence-electron chi connectivity index (χ1n) is 9.64. The van der Waals surface area contributed by atoms with Crippen LogP contribution < -0.4 is 5.32 Å². The molecule has 0 saturated carbocycles. The average Bonchev–Trinajstić information content (AvgIpc) is 3.02. The molecule has 6 nitrogen and oxygen atoms in total. The number of amides is 2. The van der Waals surface area contributed by atoms with Gasteiger partial charge in [-0.3, -0.25) is 4.79 Å². The lowest BCUT2D eigenvalue weighted by Crippen LogP contribution is -2.47. The Balaban J connectivity index is 1.60. The van der Waals surface area contributed by atoms with Crippen LogP contribution in [-0.4, -0.2) is 46.6 Å². The molecule has 1 fully saturated rings. The first-order chi connectivity index (χ1) is 13.6. The summed E-state index contributed by atoms with van der Waals surface area (Å²) in [6.45, 7) is 8.55. The number of nitrogens with one attached hydrogen (secondary N) is 1. The third kappa shape index (κ3) is 5.70. The maximum absolute atomic E-state index is 13.0. The number of hydrogen-bond donors (Lipinski definition) is 1. The summed E-state index contributed by atoms with van der Waals surface area (Å²) in [4.78, 5) is 32.0. The summed E-state index contributed by atoms with van der Waals surface area (Å²) in [6, 6.07) is 7.46. The third-order valence-corrected chi connectivity index (χ3v) is 6.03. The fourth-order valence-electron chi connectivity index (χ4n) is 3.16. The quantitative estimate of drug-likeness (QED) is 0.744. The fourth-order valence-corrected chi connectivity index (χ4v) is 4.32. The van der Waals surface area contributed by atoms with E-state index in [1.54, 1.807) is 0 Å². The fraction of sp³-hybridized carbons (Fsp3) is 0.476. The molecule has 2 aromatic rings. The highest BCUT2D eigenvalue weighted by atomic mass is 35.5. The number of likely N-dealkylation sites (tertiary alicyclic amines) is 1. The van der Waals surface area contributed by atoms with Gasteiger partial charge < -0.3 is 15.0 Å². The molecule has 29 heavy (non-hydrogen) atoms. The molecule has 1 aliphatic heterocycles. The Morgan fingerprint density at radius 1 is 1.21 bits per heavy atom. The molecule has 1 saturated heterocycles. The van der Waals surface area contributed by atoms with E-state index in [2.05, 4.69) is 10.3 Å². The maximum Gasteiger partial charge on any atom is 0.407 e. The molecule has 2 heterocycles. The summed E-state index contributed by atoms with van der Waals surface area (Å²) in [5.41, 5.74) is 1.16. The Bertz CT molecular complexity index is 882. The number of rotatable bonds is 3. The van der Waals surface area contributed by atoms with Crippen LogP contribution in [0.4, 0.5) is 4.79 Å². The molecule has 1 aromatic heterocycles. The minimum Gasteiger partial charge on any atom is -0.444 e. The number of hydrogen-bond acceptors (Lipinski definition) is 5. The molecule has 2 amide bonds. The molecule has 8 heteroatoms. The van der Waals surface area contributed by atoms with Crippen LogP contribution in [0.1, 0.15) is 49.0 Å². The Morgan fingerprint density at radius 2 is 1.83 bits per heavy atom. The van der Waals surface area contributed by atoms with E-state index in [0.29, 0.717) is 35.8 Å². The first kappa shape index (κ1) is 21.6. The topological polar surface area (TPSA) is 71.5 Å².